The molecule has 0 aliphatic rings. The van der Waals surface area contributed by atoms with Crippen LogP contribution in [0, 0.1) is 0 Å². The fourth-order valence-electron chi connectivity index (χ4n) is 1.36. The van der Waals surface area contributed by atoms with Gasteiger partial charge in [-0.05, 0) is 12.1 Å². The molecule has 0 spiro atoms. The van der Waals surface area contributed by atoms with Gasteiger partial charge in [-0.25, -0.2) is 0 Å². The van der Waals surface area contributed by atoms with E-state index >= 15 is 0 Å². The van der Waals surface area contributed by atoms with Crippen molar-refractivity contribution >= 4 is 11.9 Å². The van der Waals surface area contributed by atoms with Gasteiger partial charge < -0.3 is 19.8 Å². The Morgan fingerprint density at radius 2 is 2.22 bits per heavy atom. The fourth-order valence-corrected chi connectivity index (χ4v) is 1.36. The van der Waals surface area contributed by atoms with Crippen LogP contribution >= 0.6 is 0 Å². The van der Waals surface area contributed by atoms with Gasteiger partial charge in [0.05, 0.1) is 19.8 Å². The monoisotopic (exact) mass is 253 g/mol. The second-order valence-electron chi connectivity index (χ2n) is 3.58. The number of hydrogen-bond donors (Lipinski definition) is 2. The van der Waals surface area contributed by atoms with Crippen molar-refractivity contribution in [3.05, 3.63) is 24.2 Å². The van der Waals surface area contributed by atoms with Gasteiger partial charge in [0.1, 0.15) is 5.76 Å². The van der Waals surface area contributed by atoms with Gasteiger partial charge in [-0.3, -0.25) is 9.79 Å². The normalized spacial score (nSPS) is 11.1. The summed E-state index contributed by atoms with van der Waals surface area (Å²) in [5.41, 5.74) is 0. The molecule has 1 rings (SSSR count). The third-order valence-electron chi connectivity index (χ3n) is 2.32. The topological polar surface area (TPSA) is 75.9 Å². The molecule has 0 aliphatic carbocycles. The van der Waals surface area contributed by atoms with Crippen molar-refractivity contribution in [1.29, 1.82) is 0 Å². The molecule has 1 aromatic heterocycles. The van der Waals surface area contributed by atoms with Crippen LogP contribution in [0.15, 0.2) is 27.8 Å². The van der Waals surface area contributed by atoms with Crippen molar-refractivity contribution in [1.82, 2.24) is 10.6 Å². The molecule has 0 unspecified atom stereocenters. The fraction of sp³-hybridized carbons (Fsp3) is 0.500. The Kier molecular flexibility index (Phi) is 6.38. The maximum Gasteiger partial charge on any atom is 0.307 e. The Morgan fingerprint density at radius 3 is 2.83 bits per heavy atom. The van der Waals surface area contributed by atoms with Crippen LogP contribution in [0.1, 0.15) is 12.2 Å². The summed E-state index contributed by atoms with van der Waals surface area (Å²) in [5, 5.41) is 6.15. The molecule has 18 heavy (non-hydrogen) atoms. The van der Waals surface area contributed by atoms with E-state index in [9.17, 15) is 4.79 Å². The molecule has 0 saturated heterocycles. The minimum atomic E-state index is -0.242. The molecule has 0 fully saturated rings. The lowest BCUT2D eigenvalue weighted by molar-refractivity contribution is -0.140. The average Bonchev–Trinajstić information content (AvgIpc) is 2.89. The molecule has 100 valence electrons. The summed E-state index contributed by atoms with van der Waals surface area (Å²) in [5.74, 6) is 1.34. The number of rotatable bonds is 6. The van der Waals surface area contributed by atoms with Gasteiger partial charge in [-0.2, -0.15) is 0 Å². The van der Waals surface area contributed by atoms with Crippen LogP contribution in [0.2, 0.25) is 0 Å². The first-order chi connectivity index (χ1) is 8.76. The summed E-state index contributed by atoms with van der Waals surface area (Å²) in [4.78, 5) is 15.0. The molecule has 1 heterocycles. The second-order valence-corrected chi connectivity index (χ2v) is 3.58. The first-order valence-corrected chi connectivity index (χ1v) is 5.80. The van der Waals surface area contributed by atoms with Crippen LogP contribution in [0.3, 0.4) is 0 Å². The molecule has 0 saturated carbocycles. The SMILES string of the molecule is CN=C(NCCC(=O)OC)NCCc1ccco1. The number of nitrogens with one attached hydrogen (secondary N) is 2. The van der Waals surface area contributed by atoms with Crippen LogP contribution in [0.25, 0.3) is 0 Å². The summed E-state index contributed by atoms with van der Waals surface area (Å²) in [6, 6.07) is 3.79. The highest BCUT2D eigenvalue weighted by Gasteiger charge is 2.02. The lowest BCUT2D eigenvalue weighted by atomic mass is 10.3. The molecule has 6 nitrogen and oxygen atoms in total. The molecule has 0 aliphatic heterocycles. The highest BCUT2D eigenvalue weighted by atomic mass is 16.5. The van der Waals surface area contributed by atoms with Crippen molar-refractivity contribution < 1.29 is 13.9 Å². The highest BCUT2D eigenvalue weighted by Crippen LogP contribution is 1.99. The van der Waals surface area contributed by atoms with Gasteiger partial charge in [-0.1, -0.05) is 0 Å². The van der Waals surface area contributed by atoms with Gasteiger partial charge in [0.25, 0.3) is 0 Å². The number of guanidine groups is 1. The van der Waals surface area contributed by atoms with Crippen LogP contribution in [0.5, 0.6) is 0 Å². The Morgan fingerprint density at radius 1 is 1.44 bits per heavy atom. The predicted molar refractivity (Wildman–Crippen MR) is 68.4 cm³/mol. The van der Waals surface area contributed by atoms with Crippen molar-refractivity contribution in [2.24, 2.45) is 4.99 Å². The van der Waals surface area contributed by atoms with Crippen LogP contribution < -0.4 is 10.6 Å². The summed E-state index contributed by atoms with van der Waals surface area (Å²) in [6.45, 7) is 1.21. The van der Waals surface area contributed by atoms with Crippen molar-refractivity contribution in [2.75, 3.05) is 27.2 Å². The number of carbonyl (C=O) groups is 1. The van der Waals surface area contributed by atoms with Crippen LogP contribution in [0.4, 0.5) is 0 Å². The van der Waals surface area contributed by atoms with Crippen LogP contribution in [-0.2, 0) is 16.0 Å². The zero-order chi connectivity index (χ0) is 13.2. The number of carbonyl (C=O) groups excluding carboxylic acids is 1. The number of ether oxygens (including phenoxy) is 1. The Labute approximate surface area is 106 Å². The first kappa shape index (κ1) is 14.1. The van der Waals surface area contributed by atoms with E-state index in [0.29, 0.717) is 25.5 Å². The molecule has 0 atom stereocenters. The molecular formula is C12H19N3O3. The van der Waals surface area contributed by atoms with Crippen molar-refractivity contribution in [3.8, 4) is 0 Å². The third-order valence-corrected chi connectivity index (χ3v) is 2.32. The highest BCUT2D eigenvalue weighted by molar-refractivity contribution is 5.80. The zero-order valence-corrected chi connectivity index (χ0v) is 10.7. The first-order valence-electron chi connectivity index (χ1n) is 5.80. The molecule has 0 aromatic carbocycles. The number of hydrogen-bond acceptors (Lipinski definition) is 4. The van der Waals surface area contributed by atoms with E-state index in [-0.39, 0.29) is 5.97 Å². The van der Waals surface area contributed by atoms with E-state index in [0.717, 1.165) is 12.2 Å². The number of esters is 1. The largest absolute Gasteiger partial charge is 0.469 e. The average molecular weight is 253 g/mol. The van der Waals surface area contributed by atoms with Gasteiger partial charge in [-0.15, -0.1) is 0 Å². The number of furan rings is 1. The summed E-state index contributed by atoms with van der Waals surface area (Å²) < 4.78 is 9.76. The molecule has 0 bridgehead atoms. The minimum absolute atomic E-state index is 0.242. The number of aliphatic imine (C=N–C) groups is 1. The van der Waals surface area contributed by atoms with E-state index in [1.807, 2.05) is 12.1 Å². The molecular weight excluding hydrogens is 234 g/mol. The summed E-state index contributed by atoms with van der Waals surface area (Å²) >= 11 is 0. The molecule has 0 amide bonds. The van der Waals surface area contributed by atoms with Gasteiger partial charge in [0.2, 0.25) is 0 Å². The lowest BCUT2D eigenvalue weighted by Crippen LogP contribution is -2.39. The quantitative estimate of drug-likeness (QED) is 0.440. The van der Waals surface area contributed by atoms with Gasteiger partial charge in [0.15, 0.2) is 5.96 Å². The van der Waals surface area contributed by atoms with E-state index in [1.54, 1.807) is 13.3 Å². The van der Waals surface area contributed by atoms with Gasteiger partial charge in [0, 0.05) is 26.6 Å². The maximum absolute atomic E-state index is 10.9. The van der Waals surface area contributed by atoms with E-state index in [1.165, 1.54) is 7.11 Å². The lowest BCUT2D eigenvalue weighted by Gasteiger charge is -2.10. The van der Waals surface area contributed by atoms with Gasteiger partial charge >= 0.3 is 5.97 Å². The van der Waals surface area contributed by atoms with Crippen molar-refractivity contribution in [3.63, 3.8) is 0 Å². The van der Waals surface area contributed by atoms with E-state index in [4.69, 9.17) is 4.42 Å². The molecule has 1 aromatic rings. The molecule has 2 N–H and O–H groups in total. The maximum atomic E-state index is 10.9. The van der Waals surface area contributed by atoms with E-state index in [2.05, 4.69) is 20.4 Å². The molecule has 0 radical (unpaired) electrons. The predicted octanol–water partition coefficient (Wildman–Crippen LogP) is 0.550. The Balaban J connectivity index is 2.16. The summed E-state index contributed by atoms with van der Waals surface area (Å²) in [7, 11) is 3.05. The minimum Gasteiger partial charge on any atom is -0.469 e. The van der Waals surface area contributed by atoms with Crippen molar-refractivity contribution in [2.45, 2.75) is 12.8 Å². The number of methoxy groups -OCH3 is 1. The second kappa shape index (κ2) is 8.16. The molecule has 6 heteroatoms. The Bertz CT molecular complexity index is 374. The van der Waals surface area contributed by atoms with E-state index < -0.39 is 0 Å². The smallest absolute Gasteiger partial charge is 0.307 e. The summed E-state index contributed by atoms with van der Waals surface area (Å²) in [6.07, 6.45) is 2.75. The standard InChI is InChI=1S/C12H19N3O3/c1-13-12(15-8-6-11(16)17-2)14-7-5-10-4-3-9-18-10/h3-4,9H,5-8H2,1-2H3,(H2,13,14,15). The van der Waals surface area contributed by atoms with Crippen LogP contribution in [-0.4, -0.2) is 39.2 Å². The third kappa shape index (κ3) is 5.38. The zero-order valence-electron chi connectivity index (χ0n) is 10.7. The Hall–Kier alpha value is -1.98. The number of nitrogens with zero attached hydrogens (tertiary/aromatic N) is 1.